The average molecular weight is 1350 g/mol. The first-order valence-corrected chi connectivity index (χ1v) is 31.2. The zero-order valence-corrected chi connectivity index (χ0v) is 53.8. The molecule has 0 bridgehead atoms. The van der Waals surface area contributed by atoms with Crippen molar-refractivity contribution in [2.24, 2.45) is 40.1 Å². The Hall–Kier alpha value is -7.26. The van der Waals surface area contributed by atoms with Crippen LogP contribution in [-0.2, 0) is 68.7 Å². The van der Waals surface area contributed by atoms with E-state index in [2.05, 4.69) is 68.8 Å². The van der Waals surface area contributed by atoms with Crippen LogP contribution in [0, 0.1) is 23.7 Å². The largest absolute Gasteiger partial charge is 0.458 e. The number of primary amides is 1. The van der Waals surface area contributed by atoms with E-state index in [4.69, 9.17) is 16.2 Å². The summed E-state index contributed by atoms with van der Waals surface area (Å²) in [5.74, 6) is -13.1. The number of nitrogens with one attached hydrogen (secondary N) is 12. The van der Waals surface area contributed by atoms with Crippen LogP contribution in [0.5, 0.6) is 0 Å². The zero-order chi connectivity index (χ0) is 66.1. The molecule has 0 radical (unpaired) electrons. The van der Waals surface area contributed by atoms with Crippen molar-refractivity contribution in [1.82, 2.24) is 63.8 Å². The van der Waals surface area contributed by atoms with E-state index in [0.29, 0.717) is 17.3 Å². The van der Waals surface area contributed by atoms with Crippen molar-refractivity contribution >= 4 is 99.5 Å². The first-order chi connectivity index (χ1) is 41.6. The van der Waals surface area contributed by atoms with Crippen LogP contribution in [0.1, 0.15) is 106 Å². The molecular formula is C57H92IN15O15. The Morgan fingerprint density at radius 2 is 1.15 bits per heavy atom. The molecule has 3 rings (SSSR count). The van der Waals surface area contributed by atoms with Gasteiger partial charge < -0.3 is 90.2 Å². The van der Waals surface area contributed by atoms with Crippen molar-refractivity contribution in [3.8, 4) is 0 Å². The van der Waals surface area contributed by atoms with Gasteiger partial charge in [0, 0.05) is 10.8 Å². The molecule has 492 valence electrons. The number of esters is 1. The highest BCUT2D eigenvalue weighted by Crippen LogP contribution is 2.18. The van der Waals surface area contributed by atoms with Gasteiger partial charge in [-0.05, 0) is 69.4 Å². The van der Waals surface area contributed by atoms with Crippen molar-refractivity contribution in [1.29, 1.82) is 0 Å². The Bertz CT molecular complexity index is 2620. The number of cyclic esters (lactones) is 1. The number of amides is 11. The second kappa shape index (κ2) is 36.9. The number of guanidine groups is 1. The number of rotatable bonds is 32. The van der Waals surface area contributed by atoms with Crippen LogP contribution >= 0.6 is 22.6 Å². The maximum Gasteiger partial charge on any atom is 0.329 e. The van der Waals surface area contributed by atoms with Crippen LogP contribution in [0.3, 0.4) is 0 Å². The first kappa shape index (κ1) is 75.0. The number of hydrogen-bond donors (Lipinski definition) is 16. The number of halogens is 1. The molecule has 0 aliphatic carbocycles. The van der Waals surface area contributed by atoms with E-state index in [9.17, 15) is 67.7 Å². The van der Waals surface area contributed by atoms with E-state index in [0.717, 1.165) is 5.56 Å². The lowest BCUT2D eigenvalue weighted by Crippen LogP contribution is -2.63. The molecule has 18 N–H and O–H groups in total. The smallest absolute Gasteiger partial charge is 0.329 e. The molecule has 31 heteroatoms. The number of alkyl halides is 1. The Kier molecular flexibility index (Phi) is 31.5. The van der Waals surface area contributed by atoms with Gasteiger partial charge in [0.2, 0.25) is 65.0 Å². The first-order valence-electron chi connectivity index (χ1n) is 29.7. The van der Waals surface area contributed by atoms with Gasteiger partial charge in [-0.3, -0.25) is 57.7 Å². The number of benzene rings is 1. The van der Waals surface area contributed by atoms with Gasteiger partial charge in [-0.25, -0.2) is 4.79 Å². The van der Waals surface area contributed by atoms with Gasteiger partial charge in [0.1, 0.15) is 66.5 Å². The minimum Gasteiger partial charge on any atom is -0.458 e. The SMILES string of the molecule is CCC(C)C(NC(=O)C(Cc1ccccc1)NC)C(=O)NC(CO)C(=O)NC(CCC(N)=O)C(=O)NC(C(=O)NC(C(=O)NC(CO)C(=O)NC1C(=O)NC(C)C(=O)NC(CC2CN=C(N)N2)C(=O)NC(C(C)CI)C(=O)OC1C)C(C)CC)C(C)CC. The molecule has 0 aromatic heterocycles. The number of hydrogen-bond acceptors (Lipinski definition) is 19. The van der Waals surface area contributed by atoms with Crippen LogP contribution in [0.15, 0.2) is 35.3 Å². The minimum absolute atomic E-state index is 0.0122. The predicted molar refractivity (Wildman–Crippen MR) is 331 cm³/mol. The number of aliphatic imine (C=N–C) groups is 1. The Morgan fingerprint density at radius 3 is 1.62 bits per heavy atom. The fraction of sp³-hybridized carbons (Fsp3) is 0.667. The molecular weight excluding hydrogens is 1260 g/mol. The molecule has 2 heterocycles. The summed E-state index contributed by atoms with van der Waals surface area (Å²) < 4.78 is 6.06. The number of nitrogens with two attached hydrogens (primary N) is 2. The number of ether oxygens (including phenoxy) is 1. The van der Waals surface area contributed by atoms with Crippen LogP contribution in [0.25, 0.3) is 0 Å². The molecule has 30 nitrogen and oxygen atoms in total. The summed E-state index contributed by atoms with van der Waals surface area (Å²) in [6, 6.07) is -6.87. The Labute approximate surface area is 526 Å². The van der Waals surface area contributed by atoms with Gasteiger partial charge in [0.15, 0.2) is 5.96 Å². The molecule has 2 aliphatic heterocycles. The highest BCUT2D eigenvalue weighted by molar-refractivity contribution is 14.1. The van der Waals surface area contributed by atoms with Gasteiger partial charge >= 0.3 is 5.97 Å². The van der Waals surface area contributed by atoms with Crippen molar-refractivity contribution in [2.45, 2.75) is 186 Å². The van der Waals surface area contributed by atoms with E-state index in [-0.39, 0.29) is 31.8 Å². The lowest BCUT2D eigenvalue weighted by molar-refractivity contribution is -0.157. The lowest BCUT2D eigenvalue weighted by Gasteiger charge is -2.31. The predicted octanol–water partition coefficient (Wildman–Crippen LogP) is -4.23. The number of carbonyl (C=O) groups is 12. The van der Waals surface area contributed by atoms with Gasteiger partial charge in [0.05, 0.1) is 31.8 Å². The molecule has 11 amide bonds. The third kappa shape index (κ3) is 22.7. The summed E-state index contributed by atoms with van der Waals surface area (Å²) in [6.45, 7) is 12.5. The third-order valence-electron chi connectivity index (χ3n) is 15.7. The maximum atomic E-state index is 14.4. The number of likely N-dealkylation sites (N-methyl/N-ethyl adjacent to an activating group) is 1. The van der Waals surface area contributed by atoms with E-state index in [1.54, 1.807) is 55.5 Å². The second-order valence-electron chi connectivity index (χ2n) is 22.5. The van der Waals surface area contributed by atoms with E-state index in [1.807, 2.05) is 52.9 Å². The quantitative estimate of drug-likeness (QED) is 0.0185. The average Bonchev–Trinajstić information content (AvgIpc) is 4.12. The number of carbonyl (C=O) groups excluding carboxylic acids is 12. The van der Waals surface area contributed by atoms with Gasteiger partial charge in [-0.2, -0.15) is 0 Å². The summed E-state index contributed by atoms with van der Waals surface area (Å²) in [4.78, 5) is 170. The summed E-state index contributed by atoms with van der Waals surface area (Å²) in [6.07, 6.45) is -1.13. The van der Waals surface area contributed by atoms with Crippen LogP contribution < -0.4 is 75.3 Å². The molecule has 1 fully saturated rings. The van der Waals surface area contributed by atoms with Crippen LogP contribution in [0.4, 0.5) is 0 Å². The van der Waals surface area contributed by atoms with Gasteiger partial charge in [-0.1, -0.05) is 121 Å². The van der Waals surface area contributed by atoms with Gasteiger partial charge in [-0.15, -0.1) is 0 Å². The minimum atomic E-state index is -1.83. The fourth-order valence-electron chi connectivity index (χ4n) is 9.35. The molecule has 1 aromatic rings. The molecule has 1 saturated heterocycles. The third-order valence-corrected chi connectivity index (χ3v) is 17.1. The van der Waals surface area contributed by atoms with Crippen LogP contribution in [0.2, 0.25) is 0 Å². The summed E-state index contributed by atoms with van der Waals surface area (Å²) in [5, 5.41) is 52.3. The highest BCUT2D eigenvalue weighted by atomic mass is 127. The lowest BCUT2D eigenvalue weighted by atomic mass is 9.94. The summed E-state index contributed by atoms with van der Waals surface area (Å²) >= 11 is 2.01. The van der Waals surface area contributed by atoms with E-state index < -0.39 is 199 Å². The topological polar surface area (TPSA) is 463 Å². The molecule has 17 atom stereocenters. The molecule has 0 spiro atoms. The molecule has 1 aromatic carbocycles. The number of aliphatic hydroxyl groups is 2. The Morgan fingerprint density at radius 1 is 0.659 bits per heavy atom. The molecule has 88 heavy (non-hydrogen) atoms. The maximum absolute atomic E-state index is 14.4. The normalized spacial score (nSPS) is 22.7. The molecule has 0 saturated carbocycles. The van der Waals surface area contributed by atoms with Crippen molar-refractivity contribution in [3.63, 3.8) is 0 Å². The van der Waals surface area contributed by atoms with E-state index in [1.165, 1.54) is 13.8 Å². The number of aliphatic hydroxyl groups excluding tert-OH is 2. The highest BCUT2D eigenvalue weighted by Gasteiger charge is 2.41. The molecule has 2 aliphatic rings. The standard InChI is InChI=1S/C57H92IN15O15/c1-11-27(4)41(70-48(79)36(61-10)21-33-17-15-14-16-18-33)52(83)67-38(25-74)50(81)65-35(19-20-40(59)76)47(78)69-43(29(6)13-3)54(85)71-42(28(5)12-2)53(84)68-39(26-75)51(82)73-45-32(9)88-56(87)44(30(7)23-58)72-49(80)37(22-34-24-62-57(60)64-34)66-46(77)31(8)63-55(45)86/h14-18,27-32,34-39,41-45,61,74-75H,11-13,19-26H2,1-10H3,(H2,59,76)(H,63,86)(H,65,81)(H,66,77)(H,67,83)(H,68,84)(H,69,78)(H,70,79)(H,71,85)(H,72,80)(H,73,82)(H3,60,62,64). The summed E-state index contributed by atoms with van der Waals surface area (Å²) in [5.41, 5.74) is 12.1. The van der Waals surface area contributed by atoms with Gasteiger partial charge in [0.25, 0.3) is 0 Å². The fourth-order valence-corrected chi connectivity index (χ4v) is 9.85. The summed E-state index contributed by atoms with van der Waals surface area (Å²) in [7, 11) is 1.60. The monoisotopic (exact) mass is 1350 g/mol. The molecule has 17 unspecified atom stereocenters. The van der Waals surface area contributed by atoms with Crippen molar-refractivity contribution in [2.75, 3.05) is 31.2 Å². The zero-order valence-electron chi connectivity index (χ0n) is 51.7. The Balaban J connectivity index is 1.85. The van der Waals surface area contributed by atoms with Crippen LogP contribution in [-0.4, -0.2) is 197 Å². The van der Waals surface area contributed by atoms with E-state index >= 15 is 0 Å². The second-order valence-corrected chi connectivity index (χ2v) is 23.4. The van der Waals surface area contributed by atoms with Crippen molar-refractivity contribution in [3.05, 3.63) is 35.9 Å². The number of nitrogens with zero attached hydrogens (tertiary/aromatic N) is 1. The van der Waals surface area contributed by atoms with Crippen molar-refractivity contribution < 1.29 is 72.5 Å².